The van der Waals surface area contributed by atoms with E-state index in [1.165, 1.54) is 16.2 Å². The fraction of sp³-hybridized carbons (Fsp3) is 0.545. The highest BCUT2D eigenvalue weighted by Gasteiger charge is 2.23. The Morgan fingerprint density at radius 2 is 2.19 bits per heavy atom. The van der Waals surface area contributed by atoms with Crippen LogP contribution in [0, 0.1) is 0 Å². The molecule has 2 heterocycles. The van der Waals surface area contributed by atoms with Gasteiger partial charge >= 0.3 is 5.97 Å². The first-order valence-electron chi connectivity index (χ1n) is 5.31. The van der Waals surface area contributed by atoms with Crippen molar-refractivity contribution < 1.29 is 26.8 Å². The lowest BCUT2D eigenvalue weighted by atomic mass is 10.1. The normalized spacial score (nSPS) is 24.6. The molecule has 90 valence electrons. The highest BCUT2D eigenvalue weighted by atomic mass is 35.5. The molecule has 0 amide bonds. The van der Waals surface area contributed by atoms with Crippen molar-refractivity contribution in [2.24, 2.45) is 0 Å². The molecular formula is C11H16ClNO2S. The largest absolute Gasteiger partial charge is 1.00 e. The number of thiophene rings is 1. The van der Waals surface area contributed by atoms with Crippen LogP contribution in [0.2, 0.25) is 0 Å². The van der Waals surface area contributed by atoms with E-state index >= 15 is 0 Å². The van der Waals surface area contributed by atoms with Crippen LogP contribution in [0.1, 0.15) is 22.5 Å². The predicted octanol–water partition coefficient (Wildman–Crippen LogP) is -2.41. The summed E-state index contributed by atoms with van der Waals surface area (Å²) < 4.78 is 5.44. The van der Waals surface area contributed by atoms with Crippen LogP contribution in [-0.4, -0.2) is 32.2 Å². The Balaban J connectivity index is 0.00000128. The number of esters is 1. The number of quaternary nitrogens is 1. The van der Waals surface area contributed by atoms with Crippen LogP contribution in [0.3, 0.4) is 0 Å². The first-order chi connectivity index (χ1) is 7.25. The van der Waals surface area contributed by atoms with Crippen molar-refractivity contribution in [2.45, 2.75) is 18.9 Å². The van der Waals surface area contributed by atoms with Crippen LogP contribution in [0.25, 0.3) is 0 Å². The number of carbonyl (C=O) groups excluding carboxylic acids is 1. The predicted molar refractivity (Wildman–Crippen MR) is 59.4 cm³/mol. The van der Waals surface area contributed by atoms with E-state index in [1.54, 1.807) is 0 Å². The topological polar surface area (TPSA) is 30.7 Å². The van der Waals surface area contributed by atoms with Crippen LogP contribution >= 0.6 is 11.3 Å². The summed E-state index contributed by atoms with van der Waals surface area (Å²) in [7, 11) is 2.18. The van der Waals surface area contributed by atoms with E-state index in [9.17, 15) is 4.79 Å². The summed E-state index contributed by atoms with van der Waals surface area (Å²) in [5.74, 6) is -0.158. The van der Waals surface area contributed by atoms with Crippen LogP contribution < -0.4 is 17.3 Å². The van der Waals surface area contributed by atoms with Gasteiger partial charge in [0, 0.05) is 12.8 Å². The Hall–Kier alpha value is -0.580. The number of nitrogens with one attached hydrogen (secondary N) is 1. The van der Waals surface area contributed by atoms with Crippen molar-refractivity contribution in [3.8, 4) is 0 Å². The molecule has 1 N–H and O–H groups in total. The Labute approximate surface area is 106 Å². The lowest BCUT2D eigenvalue weighted by molar-refractivity contribution is -0.885. The monoisotopic (exact) mass is 261 g/mol. The van der Waals surface area contributed by atoms with Gasteiger partial charge in [0.15, 0.2) is 0 Å². The molecule has 0 spiro atoms. The second-order valence-electron chi connectivity index (χ2n) is 4.04. The number of hydrogen-bond donors (Lipinski definition) is 1. The van der Waals surface area contributed by atoms with Gasteiger partial charge in [-0.2, -0.15) is 0 Å². The zero-order valence-corrected chi connectivity index (χ0v) is 10.8. The van der Waals surface area contributed by atoms with Crippen molar-refractivity contribution in [1.82, 2.24) is 0 Å². The molecule has 1 aromatic heterocycles. The molecule has 0 radical (unpaired) electrons. The van der Waals surface area contributed by atoms with E-state index in [2.05, 4.69) is 7.05 Å². The Bertz CT molecular complexity index is 321. The van der Waals surface area contributed by atoms with Crippen LogP contribution in [0.5, 0.6) is 0 Å². The number of carbonyl (C=O) groups is 1. The lowest BCUT2D eigenvalue weighted by Gasteiger charge is -2.26. The summed E-state index contributed by atoms with van der Waals surface area (Å²) in [6.45, 7) is 2.20. The third-order valence-corrected chi connectivity index (χ3v) is 3.63. The molecule has 0 bridgehead atoms. The molecule has 1 aliphatic rings. The summed E-state index contributed by atoms with van der Waals surface area (Å²) in [5, 5.41) is 1.90. The molecule has 5 heteroatoms. The molecule has 3 nitrogen and oxygen atoms in total. The summed E-state index contributed by atoms with van der Waals surface area (Å²) in [6.07, 6.45) is 2.11. The fourth-order valence-corrected chi connectivity index (χ4v) is 2.41. The Kier molecular flexibility index (Phi) is 5.25. The van der Waals surface area contributed by atoms with Gasteiger partial charge in [-0.1, -0.05) is 6.07 Å². The van der Waals surface area contributed by atoms with E-state index in [1.807, 2.05) is 17.5 Å². The third kappa shape index (κ3) is 3.47. The van der Waals surface area contributed by atoms with Crippen LogP contribution in [0.15, 0.2) is 17.5 Å². The molecule has 0 aromatic carbocycles. The number of halogens is 1. The first-order valence-corrected chi connectivity index (χ1v) is 6.19. The summed E-state index contributed by atoms with van der Waals surface area (Å²) in [6, 6.07) is 3.69. The highest BCUT2D eigenvalue weighted by molar-refractivity contribution is 7.11. The molecule has 16 heavy (non-hydrogen) atoms. The zero-order valence-electron chi connectivity index (χ0n) is 9.24. The fourth-order valence-electron chi connectivity index (χ4n) is 1.81. The summed E-state index contributed by atoms with van der Waals surface area (Å²) in [5.41, 5.74) is 0. The maximum atomic E-state index is 11.6. The van der Waals surface area contributed by atoms with Gasteiger partial charge in [-0.15, -0.1) is 11.3 Å². The quantitative estimate of drug-likeness (QED) is 0.601. The van der Waals surface area contributed by atoms with Gasteiger partial charge in [-0.25, -0.2) is 4.79 Å². The minimum Gasteiger partial charge on any atom is -1.00 e. The van der Waals surface area contributed by atoms with E-state index in [0.717, 1.165) is 25.9 Å². The molecule has 0 saturated carbocycles. The zero-order chi connectivity index (χ0) is 10.7. The average molecular weight is 262 g/mol. The van der Waals surface area contributed by atoms with Crippen molar-refractivity contribution >= 4 is 17.3 Å². The lowest BCUT2D eigenvalue weighted by Crippen LogP contribution is -3.10. The molecule has 1 aliphatic heterocycles. The first kappa shape index (κ1) is 13.5. The average Bonchev–Trinajstić information content (AvgIpc) is 2.74. The smallest absolute Gasteiger partial charge is 0.348 e. The standard InChI is InChI=1S/C11H15NO2S.ClH/c1-12-6-4-9(5-7-12)14-11(13)10-3-2-8-15-10;/h2-3,8-9H,4-7H2,1H3;1H. The van der Waals surface area contributed by atoms with E-state index in [0.29, 0.717) is 4.88 Å². The Morgan fingerprint density at radius 1 is 1.50 bits per heavy atom. The minimum atomic E-state index is -0.158. The Morgan fingerprint density at radius 3 is 2.75 bits per heavy atom. The SMILES string of the molecule is C[NH+]1CCC(OC(=O)c2cccs2)CC1.[Cl-]. The minimum absolute atomic E-state index is 0. The molecule has 0 atom stereocenters. The van der Waals surface area contributed by atoms with E-state index in [4.69, 9.17) is 4.74 Å². The second-order valence-corrected chi connectivity index (χ2v) is 4.99. The van der Waals surface area contributed by atoms with E-state index < -0.39 is 0 Å². The molecular weight excluding hydrogens is 246 g/mol. The highest BCUT2D eigenvalue weighted by Crippen LogP contribution is 2.13. The van der Waals surface area contributed by atoms with Crippen molar-refractivity contribution in [2.75, 3.05) is 20.1 Å². The maximum Gasteiger partial charge on any atom is 0.348 e. The molecule has 0 unspecified atom stereocenters. The van der Waals surface area contributed by atoms with Gasteiger partial charge in [-0.3, -0.25) is 0 Å². The summed E-state index contributed by atoms with van der Waals surface area (Å²) >= 11 is 1.44. The number of piperidine rings is 1. The van der Waals surface area contributed by atoms with Gasteiger partial charge in [0.05, 0.1) is 20.1 Å². The number of ether oxygens (including phenoxy) is 1. The molecule has 0 aliphatic carbocycles. The number of hydrogen-bond acceptors (Lipinski definition) is 3. The maximum absolute atomic E-state index is 11.6. The van der Waals surface area contributed by atoms with Crippen molar-refractivity contribution in [1.29, 1.82) is 0 Å². The van der Waals surface area contributed by atoms with Gasteiger partial charge in [0.2, 0.25) is 0 Å². The number of likely N-dealkylation sites (tertiary alicyclic amines) is 1. The summed E-state index contributed by atoms with van der Waals surface area (Å²) in [4.78, 5) is 13.9. The van der Waals surface area contributed by atoms with Gasteiger partial charge in [0.1, 0.15) is 11.0 Å². The van der Waals surface area contributed by atoms with E-state index in [-0.39, 0.29) is 24.5 Å². The van der Waals surface area contributed by atoms with Crippen LogP contribution in [-0.2, 0) is 4.74 Å². The van der Waals surface area contributed by atoms with Crippen LogP contribution in [0.4, 0.5) is 0 Å². The second kappa shape index (κ2) is 6.23. The third-order valence-electron chi connectivity index (χ3n) is 2.78. The molecule has 2 rings (SSSR count). The van der Waals surface area contributed by atoms with Gasteiger partial charge in [0.25, 0.3) is 0 Å². The van der Waals surface area contributed by atoms with Crippen molar-refractivity contribution in [3.63, 3.8) is 0 Å². The van der Waals surface area contributed by atoms with Gasteiger partial charge in [-0.05, 0) is 11.4 Å². The molecule has 1 saturated heterocycles. The van der Waals surface area contributed by atoms with Crippen molar-refractivity contribution in [3.05, 3.63) is 22.4 Å². The van der Waals surface area contributed by atoms with Gasteiger partial charge < -0.3 is 22.0 Å². The molecule has 1 aromatic rings. The molecule has 1 fully saturated rings. The number of rotatable bonds is 2.